The number of carbonyl (C=O) groups is 1. The van der Waals surface area contributed by atoms with Crippen LogP contribution in [0.5, 0.6) is 0 Å². The van der Waals surface area contributed by atoms with Gasteiger partial charge in [-0.2, -0.15) is 13.2 Å². The van der Waals surface area contributed by atoms with Crippen molar-refractivity contribution in [1.29, 1.82) is 0 Å². The highest BCUT2D eigenvalue weighted by molar-refractivity contribution is 6.04. The second-order valence-electron chi connectivity index (χ2n) is 7.05. The van der Waals surface area contributed by atoms with Crippen LogP contribution in [0.2, 0.25) is 0 Å². The average Bonchev–Trinajstić information content (AvgIpc) is 2.73. The molecular formula is C21H18F3N5O. The number of halogens is 3. The summed E-state index contributed by atoms with van der Waals surface area (Å²) in [6, 6.07) is 6.24. The number of nitrogens with one attached hydrogen (secondary N) is 1. The maximum atomic E-state index is 13.0. The van der Waals surface area contributed by atoms with Crippen molar-refractivity contribution in [2.45, 2.75) is 26.1 Å². The molecule has 0 aliphatic carbocycles. The number of carbonyl (C=O) groups excluding carboxylic acids is 1. The zero-order chi connectivity index (χ0) is 21.3. The molecule has 30 heavy (non-hydrogen) atoms. The first-order chi connectivity index (χ1) is 14.3. The lowest BCUT2D eigenvalue weighted by Crippen LogP contribution is -2.32. The van der Waals surface area contributed by atoms with E-state index in [2.05, 4.69) is 20.3 Å². The summed E-state index contributed by atoms with van der Waals surface area (Å²) in [6.07, 6.45) is 1.61. The second-order valence-corrected chi connectivity index (χ2v) is 7.05. The molecule has 6 nitrogen and oxygen atoms in total. The number of rotatable bonds is 3. The van der Waals surface area contributed by atoms with Crippen molar-refractivity contribution in [2.75, 3.05) is 16.8 Å². The summed E-state index contributed by atoms with van der Waals surface area (Å²) >= 11 is 0. The van der Waals surface area contributed by atoms with Crippen molar-refractivity contribution in [3.05, 3.63) is 77.0 Å². The van der Waals surface area contributed by atoms with E-state index in [1.54, 1.807) is 30.6 Å². The Bertz CT molecular complexity index is 1090. The van der Waals surface area contributed by atoms with Crippen LogP contribution in [-0.2, 0) is 19.1 Å². The smallest absolute Gasteiger partial charge is 0.352 e. The Hall–Kier alpha value is -3.49. The van der Waals surface area contributed by atoms with Crippen LogP contribution < -0.4 is 10.2 Å². The molecule has 154 valence electrons. The maximum absolute atomic E-state index is 13.0. The molecule has 0 spiro atoms. The first kappa shape index (κ1) is 19.8. The Labute approximate surface area is 170 Å². The number of hydrogen-bond acceptors (Lipinski definition) is 5. The third-order valence-electron chi connectivity index (χ3n) is 4.92. The van der Waals surface area contributed by atoms with Crippen molar-refractivity contribution >= 4 is 17.4 Å². The molecule has 0 aromatic carbocycles. The normalized spacial score (nSPS) is 13.7. The predicted octanol–water partition coefficient (Wildman–Crippen LogP) is 4.01. The van der Waals surface area contributed by atoms with E-state index in [1.165, 1.54) is 6.20 Å². The summed E-state index contributed by atoms with van der Waals surface area (Å²) < 4.78 is 39.0. The van der Waals surface area contributed by atoms with Gasteiger partial charge < -0.3 is 10.2 Å². The fourth-order valence-electron chi connectivity index (χ4n) is 3.42. The van der Waals surface area contributed by atoms with Crippen LogP contribution in [0.25, 0.3) is 0 Å². The zero-order valence-electron chi connectivity index (χ0n) is 16.1. The minimum atomic E-state index is -4.43. The summed E-state index contributed by atoms with van der Waals surface area (Å²) in [6.45, 7) is 2.69. The lowest BCUT2D eigenvalue weighted by molar-refractivity contribution is -0.137. The van der Waals surface area contributed by atoms with Crippen LogP contribution in [-0.4, -0.2) is 27.4 Å². The topological polar surface area (TPSA) is 71.0 Å². The van der Waals surface area contributed by atoms with E-state index >= 15 is 0 Å². The summed E-state index contributed by atoms with van der Waals surface area (Å²) in [5.41, 5.74) is 2.24. The van der Waals surface area contributed by atoms with Gasteiger partial charge in [-0.3, -0.25) is 14.8 Å². The predicted molar refractivity (Wildman–Crippen MR) is 105 cm³/mol. The van der Waals surface area contributed by atoms with E-state index in [9.17, 15) is 18.0 Å². The molecule has 4 heterocycles. The van der Waals surface area contributed by atoms with Crippen LogP contribution in [0.4, 0.5) is 24.7 Å². The molecule has 0 saturated heterocycles. The van der Waals surface area contributed by atoms with E-state index in [-0.39, 0.29) is 12.5 Å². The van der Waals surface area contributed by atoms with Gasteiger partial charge in [0.2, 0.25) is 0 Å². The van der Waals surface area contributed by atoms with Crippen molar-refractivity contribution in [2.24, 2.45) is 0 Å². The molecule has 4 rings (SSSR count). The van der Waals surface area contributed by atoms with Gasteiger partial charge in [-0.1, -0.05) is 0 Å². The fourth-order valence-corrected chi connectivity index (χ4v) is 3.42. The molecule has 0 saturated carbocycles. The molecule has 1 aliphatic rings. The van der Waals surface area contributed by atoms with Gasteiger partial charge in [0.05, 0.1) is 11.1 Å². The number of amides is 1. The highest BCUT2D eigenvalue weighted by Crippen LogP contribution is 2.32. The van der Waals surface area contributed by atoms with Gasteiger partial charge in [-0.15, -0.1) is 0 Å². The lowest BCUT2D eigenvalue weighted by Gasteiger charge is -2.30. The van der Waals surface area contributed by atoms with E-state index in [1.807, 2.05) is 11.8 Å². The minimum Gasteiger partial charge on any atom is -0.352 e. The van der Waals surface area contributed by atoms with Crippen molar-refractivity contribution in [1.82, 2.24) is 15.0 Å². The second kappa shape index (κ2) is 7.74. The molecule has 3 aromatic heterocycles. The van der Waals surface area contributed by atoms with E-state index < -0.39 is 11.7 Å². The third-order valence-corrected chi connectivity index (χ3v) is 4.92. The molecule has 1 N–H and O–H groups in total. The monoisotopic (exact) mass is 413 g/mol. The fraction of sp³-hybridized carbons (Fsp3) is 0.238. The molecular weight excluding hydrogens is 395 g/mol. The standard InChI is InChI=1S/C21H18F3N5O/c1-13-8-14(20(30)28-17-2-5-25-6-3-17)10-27-19(13)29-7-4-18-15(12-29)9-16(11-26-18)21(22,23)24/h2-3,5-6,8-11H,4,7,12H2,1H3,(H,25,28,30). The number of fused-ring (bicyclic) bond motifs is 1. The number of hydrogen-bond donors (Lipinski definition) is 1. The number of anilines is 2. The summed E-state index contributed by atoms with van der Waals surface area (Å²) in [4.78, 5) is 26.7. The van der Waals surface area contributed by atoms with Crippen LogP contribution in [0.15, 0.2) is 49.1 Å². The van der Waals surface area contributed by atoms with E-state index in [0.29, 0.717) is 41.3 Å². The molecule has 9 heteroatoms. The Morgan fingerprint density at radius 3 is 2.60 bits per heavy atom. The highest BCUT2D eigenvalue weighted by atomic mass is 19.4. The molecule has 1 amide bonds. The van der Waals surface area contributed by atoms with Crippen molar-refractivity contribution in [3.63, 3.8) is 0 Å². The summed E-state index contributed by atoms with van der Waals surface area (Å²) in [5, 5.41) is 2.77. The van der Waals surface area contributed by atoms with E-state index in [0.717, 1.165) is 17.8 Å². The Kier molecular flexibility index (Phi) is 5.11. The van der Waals surface area contributed by atoms with Crippen LogP contribution in [0, 0.1) is 6.92 Å². The number of aryl methyl sites for hydroxylation is 1. The van der Waals surface area contributed by atoms with Crippen LogP contribution in [0.1, 0.15) is 32.7 Å². The maximum Gasteiger partial charge on any atom is 0.417 e. The first-order valence-electron chi connectivity index (χ1n) is 9.29. The van der Waals surface area contributed by atoms with Crippen LogP contribution in [0.3, 0.4) is 0 Å². The molecule has 0 bridgehead atoms. The van der Waals surface area contributed by atoms with Gasteiger partial charge in [0.15, 0.2) is 0 Å². The van der Waals surface area contributed by atoms with Crippen molar-refractivity contribution in [3.8, 4) is 0 Å². The van der Waals surface area contributed by atoms with Gasteiger partial charge in [0, 0.05) is 55.7 Å². The summed E-state index contributed by atoms with van der Waals surface area (Å²) in [7, 11) is 0. The third kappa shape index (κ3) is 4.10. The minimum absolute atomic E-state index is 0.280. The lowest BCUT2D eigenvalue weighted by atomic mass is 10.0. The molecule has 0 atom stereocenters. The number of alkyl halides is 3. The molecule has 0 radical (unpaired) electrons. The quantitative estimate of drug-likeness (QED) is 0.703. The molecule has 3 aromatic rings. The Balaban J connectivity index is 1.53. The van der Waals surface area contributed by atoms with Crippen LogP contribution >= 0.6 is 0 Å². The highest BCUT2D eigenvalue weighted by Gasteiger charge is 2.32. The van der Waals surface area contributed by atoms with Gasteiger partial charge in [-0.05, 0) is 42.3 Å². The Morgan fingerprint density at radius 1 is 1.13 bits per heavy atom. The number of nitrogens with zero attached hydrogens (tertiary/aromatic N) is 4. The van der Waals surface area contributed by atoms with Gasteiger partial charge in [0.25, 0.3) is 5.91 Å². The van der Waals surface area contributed by atoms with E-state index in [4.69, 9.17) is 0 Å². The number of pyridine rings is 3. The Morgan fingerprint density at radius 2 is 1.90 bits per heavy atom. The largest absolute Gasteiger partial charge is 0.417 e. The zero-order valence-corrected chi connectivity index (χ0v) is 16.1. The molecule has 0 fully saturated rings. The van der Waals surface area contributed by atoms with Crippen molar-refractivity contribution < 1.29 is 18.0 Å². The van der Waals surface area contributed by atoms with Gasteiger partial charge in [-0.25, -0.2) is 4.98 Å². The SMILES string of the molecule is Cc1cc(C(=O)Nc2ccncc2)cnc1N1CCc2ncc(C(F)(F)F)cc2C1. The first-order valence-corrected chi connectivity index (χ1v) is 9.29. The summed E-state index contributed by atoms with van der Waals surface area (Å²) in [5.74, 6) is 0.338. The van der Waals surface area contributed by atoms with Gasteiger partial charge in [0.1, 0.15) is 5.82 Å². The number of aromatic nitrogens is 3. The molecule has 0 unspecified atom stereocenters. The van der Waals surface area contributed by atoms with Gasteiger partial charge >= 0.3 is 6.18 Å². The molecule has 1 aliphatic heterocycles. The average molecular weight is 413 g/mol.